The summed E-state index contributed by atoms with van der Waals surface area (Å²) in [5.41, 5.74) is 0. The Bertz CT molecular complexity index is 394. The fraction of sp³-hybridized carbons (Fsp3) is 0.769. The molecule has 120 valence electrons. The second kappa shape index (κ2) is 7.94. The number of carbonyl (C=O) groups excluding carboxylic acids is 3. The lowest BCUT2D eigenvalue weighted by Gasteiger charge is -2.26. The Morgan fingerprint density at radius 2 is 1.81 bits per heavy atom. The molecule has 0 unspecified atom stereocenters. The van der Waals surface area contributed by atoms with E-state index in [9.17, 15) is 14.4 Å². The molecule has 0 aromatic rings. The molecule has 1 heterocycles. The van der Waals surface area contributed by atoms with Crippen LogP contribution >= 0.6 is 0 Å². The topological polar surface area (TPSA) is 97.4 Å². The van der Waals surface area contributed by atoms with Gasteiger partial charge in [-0.1, -0.05) is 0 Å². The zero-order chi connectivity index (χ0) is 16.0. The van der Waals surface area contributed by atoms with Crippen LogP contribution in [0.2, 0.25) is 0 Å². The Morgan fingerprint density at radius 3 is 2.29 bits per heavy atom. The molecule has 1 fully saturated rings. The second-order valence-corrected chi connectivity index (χ2v) is 4.60. The molecular weight excluding hydrogens is 284 g/mol. The van der Waals surface area contributed by atoms with Crippen molar-refractivity contribution in [1.29, 1.82) is 0 Å². The highest BCUT2D eigenvalue weighted by atomic mass is 16.7. The molecule has 0 spiro atoms. The minimum absolute atomic E-state index is 0.187. The van der Waals surface area contributed by atoms with Gasteiger partial charge in [-0.15, -0.1) is 0 Å². The largest absolute Gasteiger partial charge is 0.462 e. The van der Waals surface area contributed by atoms with Crippen LogP contribution in [0.5, 0.6) is 0 Å². The number of rotatable bonds is 6. The number of hydrogen-bond donors (Lipinski definition) is 0. The molecule has 0 amide bonds. The van der Waals surface area contributed by atoms with Crippen molar-refractivity contribution in [1.82, 2.24) is 0 Å². The van der Waals surface area contributed by atoms with Crippen LogP contribution < -0.4 is 0 Å². The molecule has 1 rings (SSSR count). The minimum atomic E-state index is -0.879. The Labute approximate surface area is 122 Å². The predicted octanol–water partition coefficient (Wildman–Crippen LogP) is 0.174. The van der Waals surface area contributed by atoms with Gasteiger partial charge in [0.15, 0.2) is 12.4 Å². The zero-order valence-corrected chi connectivity index (χ0v) is 12.5. The average molecular weight is 304 g/mol. The SMILES string of the molecule is CO[C@@H]1C[C@H](OC(C)=O)[C@@H]([C@H](COC(C)=O)OC(C)=O)O1. The van der Waals surface area contributed by atoms with Crippen molar-refractivity contribution in [3.05, 3.63) is 0 Å². The molecular formula is C13H20O8. The minimum Gasteiger partial charge on any atom is -0.462 e. The van der Waals surface area contributed by atoms with Gasteiger partial charge in [0.1, 0.15) is 18.8 Å². The Balaban J connectivity index is 2.81. The summed E-state index contributed by atoms with van der Waals surface area (Å²) in [4.78, 5) is 33.2. The summed E-state index contributed by atoms with van der Waals surface area (Å²) in [7, 11) is 1.45. The maximum atomic E-state index is 11.2. The van der Waals surface area contributed by atoms with Crippen molar-refractivity contribution in [2.24, 2.45) is 0 Å². The first kappa shape index (κ1) is 17.4. The molecule has 1 aliphatic rings. The number of ether oxygens (including phenoxy) is 5. The van der Waals surface area contributed by atoms with E-state index in [2.05, 4.69) is 0 Å². The lowest BCUT2D eigenvalue weighted by Crippen LogP contribution is -2.42. The Kier molecular flexibility index (Phi) is 6.57. The molecule has 1 saturated heterocycles. The summed E-state index contributed by atoms with van der Waals surface area (Å²) in [5, 5.41) is 0. The van der Waals surface area contributed by atoms with Gasteiger partial charge in [-0.3, -0.25) is 14.4 Å². The molecule has 0 aromatic heterocycles. The van der Waals surface area contributed by atoms with Crippen LogP contribution in [0.15, 0.2) is 0 Å². The maximum Gasteiger partial charge on any atom is 0.303 e. The molecule has 0 saturated carbocycles. The molecule has 8 nitrogen and oxygen atoms in total. The van der Waals surface area contributed by atoms with Gasteiger partial charge >= 0.3 is 17.9 Å². The van der Waals surface area contributed by atoms with Crippen molar-refractivity contribution in [2.75, 3.05) is 13.7 Å². The third-order valence-electron chi connectivity index (χ3n) is 2.81. The maximum absolute atomic E-state index is 11.2. The summed E-state index contributed by atoms with van der Waals surface area (Å²) in [6.07, 6.45) is -2.57. The smallest absolute Gasteiger partial charge is 0.303 e. The van der Waals surface area contributed by atoms with Crippen LogP contribution in [0.4, 0.5) is 0 Å². The van der Waals surface area contributed by atoms with E-state index in [1.165, 1.54) is 27.9 Å². The third-order valence-corrected chi connectivity index (χ3v) is 2.81. The fourth-order valence-corrected chi connectivity index (χ4v) is 2.06. The van der Waals surface area contributed by atoms with Crippen LogP contribution in [0.25, 0.3) is 0 Å². The summed E-state index contributed by atoms with van der Waals surface area (Å²) in [6, 6.07) is 0. The summed E-state index contributed by atoms with van der Waals surface area (Å²) in [5.74, 6) is -1.56. The molecule has 0 aliphatic carbocycles. The first-order valence-corrected chi connectivity index (χ1v) is 6.49. The summed E-state index contributed by atoms with van der Waals surface area (Å²) >= 11 is 0. The van der Waals surface area contributed by atoms with Crippen LogP contribution in [-0.4, -0.2) is 56.2 Å². The van der Waals surface area contributed by atoms with E-state index >= 15 is 0 Å². The molecule has 0 aromatic carbocycles. The van der Waals surface area contributed by atoms with E-state index in [1.54, 1.807) is 0 Å². The highest BCUT2D eigenvalue weighted by Gasteiger charge is 2.44. The van der Waals surface area contributed by atoms with E-state index < -0.39 is 42.5 Å². The normalized spacial score (nSPS) is 26.0. The first-order valence-electron chi connectivity index (χ1n) is 6.49. The Morgan fingerprint density at radius 1 is 1.14 bits per heavy atom. The zero-order valence-electron chi connectivity index (χ0n) is 12.5. The summed E-state index contributed by atoms with van der Waals surface area (Å²) < 4.78 is 25.7. The standard InChI is InChI=1S/C13H20O8/c1-7(14)18-6-11(20-9(3)16)13-10(19-8(2)15)5-12(17-4)21-13/h10-13H,5-6H2,1-4H3/t10-,11-,12-,13-/m0/s1. The van der Waals surface area contributed by atoms with E-state index in [-0.39, 0.29) is 6.61 Å². The lowest BCUT2D eigenvalue weighted by atomic mass is 10.1. The van der Waals surface area contributed by atoms with Gasteiger partial charge in [0, 0.05) is 34.3 Å². The van der Waals surface area contributed by atoms with Crippen LogP contribution in [-0.2, 0) is 38.1 Å². The molecule has 0 bridgehead atoms. The van der Waals surface area contributed by atoms with Crippen LogP contribution in [0.3, 0.4) is 0 Å². The van der Waals surface area contributed by atoms with Gasteiger partial charge in [-0.2, -0.15) is 0 Å². The number of esters is 3. The van der Waals surface area contributed by atoms with E-state index in [0.29, 0.717) is 6.42 Å². The van der Waals surface area contributed by atoms with E-state index in [1.807, 2.05) is 0 Å². The van der Waals surface area contributed by atoms with Crippen molar-refractivity contribution >= 4 is 17.9 Å². The quantitative estimate of drug-likeness (QED) is 0.506. The van der Waals surface area contributed by atoms with Gasteiger partial charge in [0.05, 0.1) is 0 Å². The molecule has 8 heteroatoms. The third kappa shape index (κ3) is 5.68. The van der Waals surface area contributed by atoms with E-state index in [4.69, 9.17) is 23.7 Å². The van der Waals surface area contributed by atoms with Crippen molar-refractivity contribution in [3.63, 3.8) is 0 Å². The van der Waals surface area contributed by atoms with Crippen molar-refractivity contribution in [2.45, 2.75) is 51.8 Å². The average Bonchev–Trinajstić information content (AvgIpc) is 2.76. The predicted molar refractivity (Wildman–Crippen MR) is 68.0 cm³/mol. The molecule has 1 aliphatic heterocycles. The van der Waals surface area contributed by atoms with Crippen LogP contribution in [0, 0.1) is 0 Å². The lowest BCUT2D eigenvalue weighted by molar-refractivity contribution is -0.186. The highest BCUT2D eigenvalue weighted by molar-refractivity contribution is 5.67. The summed E-state index contributed by atoms with van der Waals surface area (Å²) in [6.45, 7) is 3.55. The van der Waals surface area contributed by atoms with Gasteiger partial charge in [-0.05, 0) is 0 Å². The monoisotopic (exact) mass is 304 g/mol. The van der Waals surface area contributed by atoms with Crippen molar-refractivity contribution < 1.29 is 38.1 Å². The second-order valence-electron chi connectivity index (χ2n) is 4.60. The number of methoxy groups -OCH3 is 1. The van der Waals surface area contributed by atoms with Gasteiger partial charge in [0.2, 0.25) is 0 Å². The highest BCUT2D eigenvalue weighted by Crippen LogP contribution is 2.28. The Hall–Kier alpha value is -1.67. The van der Waals surface area contributed by atoms with Crippen LogP contribution in [0.1, 0.15) is 27.2 Å². The fourth-order valence-electron chi connectivity index (χ4n) is 2.06. The van der Waals surface area contributed by atoms with Gasteiger partial charge in [0.25, 0.3) is 0 Å². The molecule has 0 radical (unpaired) electrons. The van der Waals surface area contributed by atoms with Gasteiger partial charge < -0.3 is 23.7 Å². The molecule has 21 heavy (non-hydrogen) atoms. The number of hydrogen-bond acceptors (Lipinski definition) is 8. The van der Waals surface area contributed by atoms with E-state index in [0.717, 1.165) is 0 Å². The molecule has 0 N–H and O–H groups in total. The van der Waals surface area contributed by atoms with Crippen molar-refractivity contribution in [3.8, 4) is 0 Å². The molecule has 4 atom stereocenters. The number of carbonyl (C=O) groups is 3. The first-order chi connectivity index (χ1) is 9.83. The van der Waals surface area contributed by atoms with Gasteiger partial charge in [-0.25, -0.2) is 0 Å².